The summed E-state index contributed by atoms with van der Waals surface area (Å²) < 4.78 is 5.46. The molecule has 0 aliphatic rings. The van der Waals surface area contributed by atoms with E-state index >= 15 is 0 Å². The molecule has 0 fully saturated rings. The van der Waals surface area contributed by atoms with Crippen LogP contribution in [0.2, 0.25) is 0 Å². The SMILES string of the molecule is CCCCCC/C=C\CCCCCCCC(=O)OCCCCCCCCCCCCCCCCCCCC(=O)NC(CO)C(O)CCCCCCCCCCCCCCCCCCC. The van der Waals surface area contributed by atoms with Crippen LogP contribution in [0.5, 0.6) is 0 Å². The molecule has 0 rings (SSSR count). The predicted molar refractivity (Wildman–Crippen MR) is 278 cm³/mol. The molecule has 0 heterocycles. The number of aliphatic hydroxyl groups is 2. The van der Waals surface area contributed by atoms with Crippen LogP contribution in [0.25, 0.3) is 0 Å². The third kappa shape index (κ3) is 50.0. The van der Waals surface area contributed by atoms with Gasteiger partial charge in [0.05, 0.1) is 25.4 Å². The molecule has 0 aliphatic carbocycles. The van der Waals surface area contributed by atoms with E-state index in [0.29, 0.717) is 25.9 Å². The second-order valence-electron chi connectivity index (χ2n) is 20.0. The molecular formula is C58H113NO5. The Morgan fingerprint density at radius 1 is 0.422 bits per heavy atom. The van der Waals surface area contributed by atoms with E-state index in [9.17, 15) is 19.8 Å². The molecule has 0 bridgehead atoms. The number of hydrogen-bond acceptors (Lipinski definition) is 5. The van der Waals surface area contributed by atoms with E-state index in [1.807, 2.05) is 0 Å². The highest BCUT2D eigenvalue weighted by Crippen LogP contribution is 2.18. The number of hydrogen-bond donors (Lipinski definition) is 3. The van der Waals surface area contributed by atoms with Gasteiger partial charge in [-0.1, -0.05) is 270 Å². The normalized spacial score (nSPS) is 12.6. The molecule has 64 heavy (non-hydrogen) atoms. The van der Waals surface area contributed by atoms with E-state index in [1.54, 1.807) is 0 Å². The number of carbonyl (C=O) groups is 2. The van der Waals surface area contributed by atoms with Crippen molar-refractivity contribution in [1.29, 1.82) is 0 Å². The van der Waals surface area contributed by atoms with Gasteiger partial charge in [-0.25, -0.2) is 0 Å². The Morgan fingerprint density at radius 3 is 1.12 bits per heavy atom. The maximum atomic E-state index is 12.5. The van der Waals surface area contributed by atoms with Gasteiger partial charge in [-0.2, -0.15) is 0 Å². The Balaban J connectivity index is 3.42. The van der Waals surface area contributed by atoms with Crippen molar-refractivity contribution in [3.05, 3.63) is 12.2 Å². The Morgan fingerprint density at radius 2 is 0.734 bits per heavy atom. The van der Waals surface area contributed by atoms with Crippen molar-refractivity contribution < 1.29 is 24.5 Å². The number of nitrogens with one attached hydrogen (secondary N) is 1. The summed E-state index contributed by atoms with van der Waals surface area (Å²) in [7, 11) is 0. The number of amides is 1. The van der Waals surface area contributed by atoms with Gasteiger partial charge in [0.25, 0.3) is 0 Å². The molecule has 0 aromatic heterocycles. The Kier molecular flexibility index (Phi) is 53.0. The topological polar surface area (TPSA) is 95.9 Å². The van der Waals surface area contributed by atoms with Crippen LogP contribution in [-0.4, -0.2) is 47.4 Å². The third-order valence-corrected chi connectivity index (χ3v) is 13.6. The summed E-state index contributed by atoms with van der Waals surface area (Å²) in [6.45, 7) is 4.94. The standard InChI is InChI=1S/C58H113NO5/c1-3-5-7-9-11-13-15-17-18-20-23-27-30-34-38-42-46-50-56(61)55(54-60)59-57(62)51-47-43-39-35-31-28-24-21-19-22-25-29-33-37-41-45-49-53-64-58(63)52-48-44-40-36-32-26-16-14-12-10-8-6-4-2/h14,16,55-56,60-61H,3-13,15,17-54H2,1-2H3,(H,59,62)/b16-14-. The van der Waals surface area contributed by atoms with Crippen LogP contribution >= 0.6 is 0 Å². The summed E-state index contributed by atoms with van der Waals surface area (Å²) in [5.41, 5.74) is 0. The van der Waals surface area contributed by atoms with E-state index in [0.717, 1.165) is 44.9 Å². The molecule has 0 saturated carbocycles. The summed E-state index contributed by atoms with van der Waals surface area (Å²) in [6, 6.07) is -0.545. The first-order chi connectivity index (χ1) is 31.5. The van der Waals surface area contributed by atoms with Gasteiger partial charge in [-0.3, -0.25) is 9.59 Å². The monoisotopic (exact) mass is 904 g/mol. The molecule has 0 radical (unpaired) electrons. The minimum absolute atomic E-state index is 0.00323. The van der Waals surface area contributed by atoms with Crippen LogP contribution in [-0.2, 0) is 14.3 Å². The third-order valence-electron chi connectivity index (χ3n) is 13.6. The molecule has 3 N–H and O–H groups in total. The predicted octanol–water partition coefficient (Wildman–Crippen LogP) is 17.7. The van der Waals surface area contributed by atoms with E-state index < -0.39 is 12.1 Å². The van der Waals surface area contributed by atoms with Gasteiger partial charge >= 0.3 is 5.97 Å². The lowest BCUT2D eigenvalue weighted by atomic mass is 10.0. The van der Waals surface area contributed by atoms with Gasteiger partial charge in [-0.05, 0) is 51.4 Å². The number of ether oxygens (including phenoxy) is 1. The highest BCUT2D eigenvalue weighted by molar-refractivity contribution is 5.76. The second-order valence-corrected chi connectivity index (χ2v) is 20.0. The van der Waals surface area contributed by atoms with Crippen LogP contribution < -0.4 is 5.32 Å². The lowest BCUT2D eigenvalue weighted by Gasteiger charge is -2.22. The number of aliphatic hydroxyl groups excluding tert-OH is 2. The van der Waals surface area contributed by atoms with Crippen molar-refractivity contribution in [2.24, 2.45) is 0 Å². The maximum Gasteiger partial charge on any atom is 0.305 e. The quantitative estimate of drug-likeness (QED) is 0.0321. The van der Waals surface area contributed by atoms with Crippen LogP contribution in [0, 0.1) is 0 Å². The average molecular weight is 905 g/mol. The first-order valence-electron chi connectivity index (χ1n) is 28.9. The minimum Gasteiger partial charge on any atom is -0.466 e. The fraction of sp³-hybridized carbons (Fsp3) is 0.931. The zero-order valence-corrected chi connectivity index (χ0v) is 43.3. The lowest BCUT2D eigenvalue weighted by molar-refractivity contribution is -0.143. The molecule has 0 aliphatic heterocycles. The van der Waals surface area contributed by atoms with Crippen LogP contribution in [0.3, 0.4) is 0 Å². The second kappa shape index (κ2) is 54.2. The van der Waals surface area contributed by atoms with Gasteiger partial charge in [-0.15, -0.1) is 0 Å². The summed E-state index contributed by atoms with van der Waals surface area (Å²) in [5, 5.41) is 23.3. The molecule has 1 amide bonds. The molecule has 0 spiro atoms. The van der Waals surface area contributed by atoms with Gasteiger partial charge < -0.3 is 20.3 Å². The Bertz CT molecular complexity index is 955. The first-order valence-corrected chi connectivity index (χ1v) is 28.9. The molecule has 6 heteroatoms. The molecule has 0 aromatic rings. The van der Waals surface area contributed by atoms with E-state index in [1.165, 1.54) is 244 Å². The van der Waals surface area contributed by atoms with Crippen molar-refractivity contribution in [1.82, 2.24) is 5.32 Å². The van der Waals surface area contributed by atoms with E-state index in [-0.39, 0.29) is 18.5 Å². The molecule has 380 valence electrons. The number of unbranched alkanes of at least 4 members (excludes halogenated alkanes) is 41. The van der Waals surface area contributed by atoms with Crippen LogP contribution in [0.15, 0.2) is 12.2 Å². The first kappa shape index (κ1) is 62.6. The van der Waals surface area contributed by atoms with Crippen molar-refractivity contribution in [2.75, 3.05) is 13.2 Å². The molecule has 6 nitrogen and oxygen atoms in total. The lowest BCUT2D eigenvalue weighted by Crippen LogP contribution is -2.45. The zero-order valence-electron chi connectivity index (χ0n) is 43.3. The van der Waals surface area contributed by atoms with Gasteiger partial charge in [0.2, 0.25) is 5.91 Å². The summed E-state index contributed by atoms with van der Waals surface area (Å²) in [5.74, 6) is -0.0411. The van der Waals surface area contributed by atoms with E-state index in [4.69, 9.17) is 4.74 Å². The van der Waals surface area contributed by atoms with Crippen molar-refractivity contribution in [2.45, 2.75) is 334 Å². The average Bonchev–Trinajstić information content (AvgIpc) is 3.29. The number of allylic oxidation sites excluding steroid dienone is 2. The smallest absolute Gasteiger partial charge is 0.305 e. The molecule has 2 atom stereocenters. The number of carbonyl (C=O) groups excluding carboxylic acids is 2. The highest BCUT2D eigenvalue weighted by Gasteiger charge is 2.20. The van der Waals surface area contributed by atoms with Crippen LogP contribution in [0.4, 0.5) is 0 Å². The summed E-state index contributed by atoms with van der Waals surface area (Å²) in [4.78, 5) is 24.5. The van der Waals surface area contributed by atoms with Gasteiger partial charge in [0.15, 0.2) is 0 Å². The highest BCUT2D eigenvalue weighted by atomic mass is 16.5. The molecule has 0 aromatic carbocycles. The van der Waals surface area contributed by atoms with Gasteiger partial charge in [0.1, 0.15) is 0 Å². The Hall–Kier alpha value is -1.40. The Labute approximate surface area is 399 Å². The van der Waals surface area contributed by atoms with Crippen molar-refractivity contribution in [3.8, 4) is 0 Å². The minimum atomic E-state index is -0.667. The summed E-state index contributed by atoms with van der Waals surface area (Å²) >= 11 is 0. The fourth-order valence-electron chi connectivity index (χ4n) is 9.11. The summed E-state index contributed by atoms with van der Waals surface area (Å²) in [6.07, 6.45) is 63.4. The fourth-order valence-corrected chi connectivity index (χ4v) is 9.11. The molecular weight excluding hydrogens is 791 g/mol. The largest absolute Gasteiger partial charge is 0.466 e. The number of esters is 1. The van der Waals surface area contributed by atoms with Gasteiger partial charge in [0, 0.05) is 12.8 Å². The molecule has 2 unspecified atom stereocenters. The number of rotatable bonds is 54. The zero-order chi connectivity index (χ0) is 46.5. The van der Waals surface area contributed by atoms with Crippen molar-refractivity contribution >= 4 is 11.9 Å². The van der Waals surface area contributed by atoms with Crippen molar-refractivity contribution in [3.63, 3.8) is 0 Å². The van der Waals surface area contributed by atoms with Crippen LogP contribution in [0.1, 0.15) is 322 Å². The maximum absolute atomic E-state index is 12.5. The van der Waals surface area contributed by atoms with E-state index in [2.05, 4.69) is 31.3 Å². The molecule has 0 saturated heterocycles.